The predicted molar refractivity (Wildman–Crippen MR) is 105 cm³/mol. The van der Waals surface area contributed by atoms with E-state index in [-0.39, 0.29) is 0 Å². The molecule has 144 valence electrons. The summed E-state index contributed by atoms with van der Waals surface area (Å²) in [5.74, 6) is 1.57. The molecule has 0 amide bonds. The molecule has 2 saturated heterocycles. The molecular formula is C21H37NO2S. The molecule has 6 atom stereocenters. The Hall–Kier alpha value is 0.230. The number of likely N-dealkylation sites (tertiary alicyclic amines) is 1. The van der Waals surface area contributed by atoms with Crippen molar-refractivity contribution in [3.05, 3.63) is 0 Å². The van der Waals surface area contributed by atoms with Crippen LogP contribution in [0.3, 0.4) is 0 Å². The summed E-state index contributed by atoms with van der Waals surface area (Å²) in [6, 6.07) is 0. The van der Waals surface area contributed by atoms with Gasteiger partial charge in [-0.25, -0.2) is 0 Å². The Balaban J connectivity index is 1.59. The Morgan fingerprint density at radius 2 is 1.72 bits per heavy atom. The zero-order valence-corrected chi connectivity index (χ0v) is 17.0. The first-order valence-electron chi connectivity index (χ1n) is 10.8. The van der Waals surface area contributed by atoms with E-state index in [9.17, 15) is 5.11 Å². The number of hydrogen-bond acceptors (Lipinski definition) is 4. The summed E-state index contributed by atoms with van der Waals surface area (Å²) in [5.41, 5.74) is -0.403. The normalized spacial score (nSPS) is 46.4. The van der Waals surface area contributed by atoms with Gasteiger partial charge in [0.2, 0.25) is 0 Å². The van der Waals surface area contributed by atoms with Gasteiger partial charge in [-0.05, 0) is 77.9 Å². The van der Waals surface area contributed by atoms with Gasteiger partial charge in [0.15, 0.2) is 0 Å². The standard InChI is InChI=1S/C21H37NO2S/c1-3-24-16-8-9-18-20(14-16)25-19-7-5-4-6-17(19)21(18,23)15-10-12-22(2)13-11-15/h15-20,23H,3-14H2,1-2H3. The average Bonchev–Trinajstić information content (AvgIpc) is 2.62. The smallest absolute Gasteiger partial charge is 0.0753 e. The van der Waals surface area contributed by atoms with Gasteiger partial charge in [0.25, 0.3) is 0 Å². The minimum Gasteiger partial charge on any atom is -0.389 e. The molecular weight excluding hydrogens is 330 g/mol. The first-order chi connectivity index (χ1) is 12.1. The van der Waals surface area contributed by atoms with Crippen molar-refractivity contribution in [1.29, 1.82) is 0 Å². The molecule has 2 aliphatic heterocycles. The molecule has 2 aliphatic carbocycles. The van der Waals surface area contributed by atoms with Crippen molar-refractivity contribution in [3.8, 4) is 0 Å². The molecule has 4 fully saturated rings. The van der Waals surface area contributed by atoms with Crippen molar-refractivity contribution in [1.82, 2.24) is 4.90 Å². The maximum Gasteiger partial charge on any atom is 0.0753 e. The van der Waals surface area contributed by atoms with Crippen LogP contribution in [0.4, 0.5) is 0 Å². The molecule has 6 unspecified atom stereocenters. The second kappa shape index (κ2) is 7.69. The lowest BCUT2D eigenvalue weighted by Crippen LogP contribution is -2.63. The lowest BCUT2D eigenvalue weighted by atomic mass is 9.58. The van der Waals surface area contributed by atoms with Gasteiger partial charge in [0, 0.05) is 28.9 Å². The van der Waals surface area contributed by atoms with Crippen LogP contribution in [0.15, 0.2) is 0 Å². The second-order valence-electron chi connectivity index (χ2n) is 9.07. The van der Waals surface area contributed by atoms with Crippen LogP contribution in [-0.2, 0) is 4.74 Å². The first-order valence-corrected chi connectivity index (χ1v) is 11.7. The number of rotatable bonds is 3. The lowest BCUT2D eigenvalue weighted by Gasteiger charge is -2.60. The average molecular weight is 368 g/mol. The molecule has 0 bridgehead atoms. The minimum absolute atomic E-state index is 0.403. The van der Waals surface area contributed by atoms with E-state index in [1.165, 1.54) is 51.4 Å². The topological polar surface area (TPSA) is 32.7 Å². The predicted octanol–water partition coefficient (Wildman–Crippen LogP) is 3.94. The highest BCUT2D eigenvalue weighted by Crippen LogP contribution is 2.59. The second-order valence-corrected chi connectivity index (χ2v) is 10.5. The Morgan fingerprint density at radius 3 is 2.48 bits per heavy atom. The van der Waals surface area contributed by atoms with Gasteiger partial charge in [-0.3, -0.25) is 0 Å². The van der Waals surface area contributed by atoms with E-state index in [1.807, 2.05) is 0 Å². The van der Waals surface area contributed by atoms with Gasteiger partial charge in [-0.1, -0.05) is 12.8 Å². The Labute approximate surface area is 158 Å². The number of piperidine rings is 1. The fourth-order valence-corrected chi connectivity index (χ4v) is 8.69. The fourth-order valence-electron chi connectivity index (χ4n) is 6.52. The van der Waals surface area contributed by atoms with Crippen LogP contribution in [0.5, 0.6) is 0 Å². The highest BCUT2D eigenvalue weighted by molar-refractivity contribution is 8.00. The maximum atomic E-state index is 12.3. The Kier molecular flexibility index (Phi) is 5.72. The summed E-state index contributed by atoms with van der Waals surface area (Å²) >= 11 is 2.25. The minimum atomic E-state index is -0.403. The number of hydrogen-bond donors (Lipinski definition) is 1. The molecule has 4 heteroatoms. The molecule has 1 N–H and O–H groups in total. The lowest BCUT2D eigenvalue weighted by molar-refractivity contribution is -0.153. The molecule has 3 nitrogen and oxygen atoms in total. The summed E-state index contributed by atoms with van der Waals surface area (Å²) in [7, 11) is 2.23. The number of thioether (sulfide) groups is 1. The first kappa shape index (κ1) is 18.6. The monoisotopic (exact) mass is 367 g/mol. The third kappa shape index (κ3) is 3.41. The number of nitrogens with zero attached hydrogens (tertiary/aromatic N) is 1. The van der Waals surface area contributed by atoms with Gasteiger partial charge < -0.3 is 14.7 Å². The quantitative estimate of drug-likeness (QED) is 0.819. The number of aliphatic hydroxyl groups is 1. The Bertz CT molecular complexity index is 453. The summed E-state index contributed by atoms with van der Waals surface area (Å²) in [4.78, 5) is 2.44. The summed E-state index contributed by atoms with van der Waals surface area (Å²) in [5, 5.41) is 13.6. The maximum absolute atomic E-state index is 12.3. The van der Waals surface area contributed by atoms with E-state index in [2.05, 4.69) is 30.6 Å². The molecule has 4 rings (SSSR count). The van der Waals surface area contributed by atoms with Crippen molar-refractivity contribution < 1.29 is 9.84 Å². The summed E-state index contributed by atoms with van der Waals surface area (Å²) in [6.07, 6.45) is 11.6. The van der Waals surface area contributed by atoms with E-state index in [0.717, 1.165) is 26.1 Å². The van der Waals surface area contributed by atoms with Crippen LogP contribution in [0.25, 0.3) is 0 Å². The molecule has 0 aromatic carbocycles. The van der Waals surface area contributed by atoms with Crippen LogP contribution < -0.4 is 0 Å². The molecule has 0 spiro atoms. The Morgan fingerprint density at radius 1 is 1.00 bits per heavy atom. The largest absolute Gasteiger partial charge is 0.389 e. The van der Waals surface area contributed by atoms with Gasteiger partial charge in [0.1, 0.15) is 0 Å². The van der Waals surface area contributed by atoms with E-state index >= 15 is 0 Å². The highest BCUT2D eigenvalue weighted by Gasteiger charge is 2.59. The highest BCUT2D eigenvalue weighted by atomic mass is 32.2. The SMILES string of the molecule is CCOC1CCC2C(C1)SC1CCCCC1C2(O)C1CCN(C)CC1. The van der Waals surface area contributed by atoms with Crippen molar-refractivity contribution in [2.24, 2.45) is 17.8 Å². The van der Waals surface area contributed by atoms with Crippen molar-refractivity contribution in [2.75, 3.05) is 26.7 Å². The zero-order valence-electron chi connectivity index (χ0n) is 16.2. The van der Waals surface area contributed by atoms with Crippen LogP contribution in [0.1, 0.15) is 64.7 Å². The number of ether oxygens (including phenoxy) is 1. The van der Waals surface area contributed by atoms with E-state index in [1.54, 1.807) is 0 Å². The van der Waals surface area contributed by atoms with E-state index in [4.69, 9.17) is 4.74 Å². The van der Waals surface area contributed by atoms with Gasteiger partial charge >= 0.3 is 0 Å². The molecule has 2 heterocycles. The molecule has 0 aromatic heterocycles. The molecule has 0 radical (unpaired) electrons. The fraction of sp³-hybridized carbons (Fsp3) is 1.00. The summed E-state index contributed by atoms with van der Waals surface area (Å²) in [6.45, 7) is 5.27. The van der Waals surface area contributed by atoms with Gasteiger partial charge in [0.05, 0.1) is 11.7 Å². The molecule has 0 aromatic rings. The van der Waals surface area contributed by atoms with Gasteiger partial charge in [-0.2, -0.15) is 11.8 Å². The zero-order chi connectivity index (χ0) is 17.4. The van der Waals surface area contributed by atoms with Crippen molar-refractivity contribution in [3.63, 3.8) is 0 Å². The third-order valence-electron chi connectivity index (χ3n) is 7.76. The number of fused-ring (bicyclic) bond motifs is 2. The summed E-state index contributed by atoms with van der Waals surface area (Å²) < 4.78 is 5.99. The molecule has 4 aliphatic rings. The van der Waals surface area contributed by atoms with Crippen molar-refractivity contribution >= 4 is 11.8 Å². The van der Waals surface area contributed by atoms with Crippen LogP contribution in [-0.4, -0.2) is 59.0 Å². The molecule has 2 saturated carbocycles. The van der Waals surface area contributed by atoms with Gasteiger partial charge in [-0.15, -0.1) is 0 Å². The molecule has 25 heavy (non-hydrogen) atoms. The van der Waals surface area contributed by atoms with Crippen LogP contribution in [0.2, 0.25) is 0 Å². The van der Waals surface area contributed by atoms with Crippen molar-refractivity contribution in [2.45, 2.75) is 86.9 Å². The van der Waals surface area contributed by atoms with Crippen LogP contribution >= 0.6 is 11.8 Å². The van der Waals surface area contributed by atoms with E-state index in [0.29, 0.717) is 34.4 Å². The van der Waals surface area contributed by atoms with Crippen LogP contribution in [0, 0.1) is 17.8 Å². The van der Waals surface area contributed by atoms with E-state index < -0.39 is 5.60 Å². The third-order valence-corrected chi connectivity index (χ3v) is 9.54.